The lowest BCUT2D eigenvalue weighted by Crippen LogP contribution is -2.47. The highest BCUT2D eigenvalue weighted by atomic mass is 16.5. The lowest BCUT2D eigenvalue weighted by molar-refractivity contribution is 0.0470. The van der Waals surface area contributed by atoms with Crippen molar-refractivity contribution in [1.82, 2.24) is 9.47 Å². The summed E-state index contributed by atoms with van der Waals surface area (Å²) in [5.74, 6) is 0.635. The van der Waals surface area contributed by atoms with Crippen molar-refractivity contribution >= 4 is 11.7 Å². The molecule has 1 fully saturated rings. The minimum Gasteiger partial charge on any atom is -0.462 e. The van der Waals surface area contributed by atoms with Crippen LogP contribution in [0.25, 0.3) is 0 Å². The van der Waals surface area contributed by atoms with E-state index in [0.717, 1.165) is 39.0 Å². The quantitative estimate of drug-likeness (QED) is 0.497. The van der Waals surface area contributed by atoms with Crippen LogP contribution in [0.5, 0.6) is 0 Å². The molecule has 2 aliphatic rings. The summed E-state index contributed by atoms with van der Waals surface area (Å²) in [4.78, 5) is 26.5. The van der Waals surface area contributed by atoms with Crippen LogP contribution in [-0.2, 0) is 11.3 Å². The molecule has 2 atom stereocenters. The van der Waals surface area contributed by atoms with Crippen molar-refractivity contribution in [2.75, 3.05) is 32.0 Å². The SMILES string of the molecule is Nc1ccc(C(=O)OCCCN2C[C@@H]3C[C@H](C2)c2cccc(=O)n2C3)cc1. The van der Waals surface area contributed by atoms with Crippen molar-refractivity contribution in [2.24, 2.45) is 5.92 Å². The summed E-state index contributed by atoms with van der Waals surface area (Å²) in [5.41, 5.74) is 8.07. The lowest BCUT2D eigenvalue weighted by atomic mass is 9.83. The molecule has 1 saturated heterocycles. The van der Waals surface area contributed by atoms with Gasteiger partial charge >= 0.3 is 5.97 Å². The van der Waals surface area contributed by atoms with Crippen LogP contribution >= 0.6 is 0 Å². The van der Waals surface area contributed by atoms with Crippen molar-refractivity contribution in [3.8, 4) is 0 Å². The average Bonchev–Trinajstić information content (AvgIpc) is 2.66. The van der Waals surface area contributed by atoms with E-state index in [-0.39, 0.29) is 11.5 Å². The standard InChI is InChI=1S/C21H25N3O3/c22-18-7-5-16(6-8-18)21(26)27-10-2-9-23-12-15-11-17(14-23)19-3-1-4-20(25)24(19)13-15/h1,3-8,15,17H,2,9-14,22H2/t15-,17+/m0/s1. The Morgan fingerprint density at radius 2 is 1.93 bits per heavy atom. The Labute approximate surface area is 158 Å². The van der Waals surface area contributed by atoms with E-state index in [1.165, 1.54) is 5.69 Å². The van der Waals surface area contributed by atoms with Gasteiger partial charge in [-0.3, -0.25) is 4.79 Å². The Hall–Kier alpha value is -2.60. The maximum absolute atomic E-state index is 12.1. The highest BCUT2D eigenvalue weighted by Crippen LogP contribution is 2.34. The number of rotatable bonds is 5. The minimum absolute atomic E-state index is 0.116. The number of hydrogen-bond acceptors (Lipinski definition) is 5. The number of carbonyl (C=O) groups is 1. The predicted molar refractivity (Wildman–Crippen MR) is 104 cm³/mol. The molecular weight excluding hydrogens is 342 g/mol. The summed E-state index contributed by atoms with van der Waals surface area (Å²) in [5, 5.41) is 0. The molecule has 0 amide bonds. The number of pyridine rings is 1. The molecule has 3 heterocycles. The van der Waals surface area contributed by atoms with Crippen LogP contribution in [0.1, 0.15) is 34.8 Å². The van der Waals surface area contributed by atoms with Crippen LogP contribution in [0, 0.1) is 5.92 Å². The molecule has 2 bridgehead atoms. The molecule has 2 N–H and O–H groups in total. The van der Waals surface area contributed by atoms with Crippen molar-refractivity contribution in [1.29, 1.82) is 0 Å². The average molecular weight is 367 g/mol. The maximum Gasteiger partial charge on any atom is 0.338 e. The fourth-order valence-corrected chi connectivity index (χ4v) is 4.33. The highest BCUT2D eigenvalue weighted by Gasteiger charge is 2.34. The van der Waals surface area contributed by atoms with E-state index in [1.807, 2.05) is 10.6 Å². The summed E-state index contributed by atoms with van der Waals surface area (Å²) >= 11 is 0. The number of likely N-dealkylation sites (tertiary alicyclic amines) is 1. The second kappa shape index (κ2) is 7.56. The smallest absolute Gasteiger partial charge is 0.338 e. The number of aromatic nitrogens is 1. The van der Waals surface area contributed by atoms with Gasteiger partial charge in [0.25, 0.3) is 5.56 Å². The van der Waals surface area contributed by atoms with Crippen LogP contribution in [0.2, 0.25) is 0 Å². The van der Waals surface area contributed by atoms with Crippen LogP contribution in [-0.4, -0.2) is 41.7 Å². The zero-order valence-corrected chi connectivity index (χ0v) is 15.3. The third-order valence-corrected chi connectivity index (χ3v) is 5.55. The maximum atomic E-state index is 12.1. The number of fused-ring (bicyclic) bond motifs is 4. The van der Waals surface area contributed by atoms with Gasteiger partial charge in [-0.1, -0.05) is 6.07 Å². The number of anilines is 1. The number of piperidine rings is 1. The Balaban J connectivity index is 1.27. The van der Waals surface area contributed by atoms with Crippen molar-refractivity contribution in [3.05, 3.63) is 64.1 Å². The Morgan fingerprint density at radius 3 is 2.74 bits per heavy atom. The molecule has 0 saturated carbocycles. The summed E-state index contributed by atoms with van der Waals surface area (Å²) < 4.78 is 7.32. The van der Waals surface area contributed by atoms with Gasteiger partial charge in [-0.25, -0.2) is 4.79 Å². The number of nitrogens with zero attached hydrogens (tertiary/aromatic N) is 2. The third kappa shape index (κ3) is 3.90. The van der Waals surface area contributed by atoms with E-state index in [1.54, 1.807) is 30.3 Å². The second-order valence-electron chi connectivity index (χ2n) is 7.57. The van der Waals surface area contributed by atoms with Gasteiger partial charge in [0.05, 0.1) is 12.2 Å². The van der Waals surface area contributed by atoms with E-state index < -0.39 is 0 Å². The van der Waals surface area contributed by atoms with Gasteiger partial charge in [0.1, 0.15) is 0 Å². The fourth-order valence-electron chi connectivity index (χ4n) is 4.33. The molecule has 142 valence electrons. The minimum atomic E-state index is -0.307. The van der Waals surface area contributed by atoms with Gasteiger partial charge in [0.2, 0.25) is 0 Å². The van der Waals surface area contributed by atoms with Crippen LogP contribution in [0.3, 0.4) is 0 Å². The molecule has 0 spiro atoms. The van der Waals surface area contributed by atoms with E-state index >= 15 is 0 Å². The summed E-state index contributed by atoms with van der Waals surface area (Å²) in [6, 6.07) is 12.4. The topological polar surface area (TPSA) is 77.6 Å². The molecule has 1 aromatic heterocycles. The van der Waals surface area contributed by atoms with Gasteiger partial charge in [-0.2, -0.15) is 0 Å². The van der Waals surface area contributed by atoms with Gasteiger partial charge < -0.3 is 19.9 Å². The van der Waals surface area contributed by atoms with E-state index in [2.05, 4.69) is 11.0 Å². The first-order chi connectivity index (χ1) is 13.1. The van der Waals surface area contributed by atoms with E-state index in [4.69, 9.17) is 10.5 Å². The molecule has 6 heteroatoms. The van der Waals surface area contributed by atoms with Gasteiger partial charge in [0, 0.05) is 49.5 Å². The molecule has 4 rings (SSSR count). The zero-order valence-electron chi connectivity index (χ0n) is 15.3. The van der Waals surface area contributed by atoms with Crippen molar-refractivity contribution in [2.45, 2.75) is 25.3 Å². The second-order valence-corrected chi connectivity index (χ2v) is 7.57. The lowest BCUT2D eigenvalue weighted by Gasteiger charge is -2.42. The number of carbonyl (C=O) groups excluding carboxylic acids is 1. The zero-order chi connectivity index (χ0) is 18.8. The molecule has 0 radical (unpaired) electrons. The molecule has 2 aliphatic heterocycles. The van der Waals surface area contributed by atoms with Crippen LogP contribution < -0.4 is 11.3 Å². The number of hydrogen-bond donors (Lipinski definition) is 1. The number of ether oxygens (including phenoxy) is 1. The fraction of sp³-hybridized carbons (Fsp3) is 0.429. The Morgan fingerprint density at radius 1 is 1.11 bits per heavy atom. The van der Waals surface area contributed by atoms with Gasteiger partial charge in [0.15, 0.2) is 0 Å². The summed E-state index contributed by atoms with van der Waals surface area (Å²) in [6.07, 6.45) is 1.97. The first-order valence-electron chi connectivity index (χ1n) is 9.55. The van der Waals surface area contributed by atoms with Crippen LogP contribution in [0.4, 0.5) is 5.69 Å². The molecule has 6 nitrogen and oxygen atoms in total. The third-order valence-electron chi connectivity index (χ3n) is 5.55. The molecule has 2 aromatic rings. The monoisotopic (exact) mass is 367 g/mol. The first-order valence-corrected chi connectivity index (χ1v) is 9.55. The van der Waals surface area contributed by atoms with Crippen molar-refractivity contribution < 1.29 is 9.53 Å². The Bertz CT molecular complexity index is 875. The molecule has 27 heavy (non-hydrogen) atoms. The molecule has 1 aromatic carbocycles. The van der Waals surface area contributed by atoms with E-state index in [0.29, 0.717) is 29.7 Å². The van der Waals surface area contributed by atoms with Crippen molar-refractivity contribution in [3.63, 3.8) is 0 Å². The number of nitrogens with two attached hydrogens (primary N) is 1. The largest absolute Gasteiger partial charge is 0.462 e. The first kappa shape index (κ1) is 17.8. The normalized spacial score (nSPS) is 21.5. The van der Waals surface area contributed by atoms with Gasteiger partial charge in [-0.05, 0) is 49.1 Å². The summed E-state index contributed by atoms with van der Waals surface area (Å²) in [7, 11) is 0. The number of esters is 1. The Kier molecular flexibility index (Phi) is 4.99. The van der Waals surface area contributed by atoms with Gasteiger partial charge in [-0.15, -0.1) is 0 Å². The molecule has 0 aliphatic carbocycles. The molecule has 0 unspecified atom stereocenters. The van der Waals surface area contributed by atoms with Crippen LogP contribution in [0.15, 0.2) is 47.3 Å². The summed E-state index contributed by atoms with van der Waals surface area (Å²) in [6.45, 7) is 4.09. The highest BCUT2D eigenvalue weighted by molar-refractivity contribution is 5.89. The molecular formula is C21H25N3O3. The van der Waals surface area contributed by atoms with E-state index in [9.17, 15) is 9.59 Å². The number of nitrogen functional groups attached to an aromatic ring is 1. The predicted octanol–water partition coefficient (Wildman–Crippen LogP) is 2.10. The number of benzene rings is 1.